The van der Waals surface area contributed by atoms with Gasteiger partial charge in [-0.05, 0) is 67.1 Å². The number of ether oxygens (including phenoxy) is 1. The lowest BCUT2D eigenvalue weighted by molar-refractivity contribution is -0.121. The van der Waals surface area contributed by atoms with Gasteiger partial charge >= 0.3 is 0 Å². The number of carbonyl (C=O) groups excluding carboxylic acids is 1. The number of nitrogens with one attached hydrogen (secondary N) is 1. The summed E-state index contributed by atoms with van der Waals surface area (Å²) in [6, 6.07) is 13.4. The average molecular weight is 447 g/mol. The molecule has 6 nitrogen and oxygen atoms in total. The van der Waals surface area contributed by atoms with E-state index in [2.05, 4.69) is 19.2 Å². The Bertz CT molecular complexity index is 970. The summed E-state index contributed by atoms with van der Waals surface area (Å²) in [5, 5.41) is 2.82. The molecular weight excluding hydrogens is 412 g/mol. The van der Waals surface area contributed by atoms with Gasteiger partial charge in [0.05, 0.1) is 18.5 Å². The summed E-state index contributed by atoms with van der Waals surface area (Å²) in [7, 11) is -3.43. The van der Waals surface area contributed by atoms with Gasteiger partial charge in [0.1, 0.15) is 12.4 Å². The summed E-state index contributed by atoms with van der Waals surface area (Å²) in [6.45, 7) is 9.30. The van der Waals surface area contributed by atoms with Crippen molar-refractivity contribution in [2.75, 3.05) is 30.3 Å². The molecule has 1 amide bonds. The summed E-state index contributed by atoms with van der Waals surface area (Å²) in [5.41, 5.74) is 4.14. The standard InChI is InChI=1S/C24H34N2O4S/c1-18(2)21-9-11-22(12-10-21)26(31(5,28)29)15-6-7-24(27)25-14-16-30-23-13-8-19(3)20(4)17-23/h8-13,17-18H,6-7,14-16H2,1-5H3,(H,25,27). The molecule has 2 aromatic rings. The molecule has 0 fully saturated rings. The van der Waals surface area contributed by atoms with Crippen LogP contribution in [0.15, 0.2) is 42.5 Å². The molecular formula is C24H34N2O4S. The van der Waals surface area contributed by atoms with Gasteiger partial charge in [0.15, 0.2) is 0 Å². The second kappa shape index (κ2) is 11.2. The van der Waals surface area contributed by atoms with Gasteiger partial charge in [-0.15, -0.1) is 0 Å². The normalized spacial score (nSPS) is 11.4. The van der Waals surface area contributed by atoms with Crippen LogP contribution in [0.3, 0.4) is 0 Å². The number of sulfonamides is 1. The molecule has 31 heavy (non-hydrogen) atoms. The molecule has 0 unspecified atom stereocenters. The Morgan fingerprint density at radius 3 is 2.32 bits per heavy atom. The van der Waals surface area contributed by atoms with Crippen molar-refractivity contribution in [2.24, 2.45) is 0 Å². The van der Waals surface area contributed by atoms with Crippen LogP contribution in [0, 0.1) is 13.8 Å². The second-order valence-corrected chi connectivity index (χ2v) is 10.0. The minimum atomic E-state index is -3.43. The first-order valence-electron chi connectivity index (χ1n) is 10.6. The Morgan fingerprint density at radius 1 is 1.06 bits per heavy atom. The number of anilines is 1. The molecule has 0 spiro atoms. The summed E-state index contributed by atoms with van der Waals surface area (Å²) in [5.74, 6) is 1.04. The minimum Gasteiger partial charge on any atom is -0.492 e. The van der Waals surface area contributed by atoms with Gasteiger partial charge in [-0.2, -0.15) is 0 Å². The number of hydrogen-bond acceptors (Lipinski definition) is 4. The van der Waals surface area contributed by atoms with E-state index in [-0.39, 0.29) is 18.9 Å². The van der Waals surface area contributed by atoms with E-state index >= 15 is 0 Å². The second-order valence-electron chi connectivity index (χ2n) is 8.13. The van der Waals surface area contributed by atoms with Crippen LogP contribution in [-0.2, 0) is 14.8 Å². The fourth-order valence-electron chi connectivity index (χ4n) is 3.15. The lowest BCUT2D eigenvalue weighted by Crippen LogP contribution is -2.32. The first-order chi connectivity index (χ1) is 14.6. The number of amides is 1. The Labute approximate surface area is 186 Å². The fourth-order valence-corrected chi connectivity index (χ4v) is 4.11. The highest BCUT2D eigenvalue weighted by Crippen LogP contribution is 2.22. The molecule has 0 aliphatic heterocycles. The van der Waals surface area contributed by atoms with Crippen molar-refractivity contribution < 1.29 is 17.9 Å². The molecule has 0 aliphatic carbocycles. The molecule has 1 N–H and O–H groups in total. The van der Waals surface area contributed by atoms with Crippen LogP contribution >= 0.6 is 0 Å². The van der Waals surface area contributed by atoms with E-state index in [1.54, 1.807) is 0 Å². The third kappa shape index (κ3) is 7.90. The smallest absolute Gasteiger partial charge is 0.232 e. The largest absolute Gasteiger partial charge is 0.492 e. The molecule has 7 heteroatoms. The van der Waals surface area contributed by atoms with Gasteiger partial charge in [0, 0.05) is 13.0 Å². The summed E-state index contributed by atoms with van der Waals surface area (Å²) in [6.07, 6.45) is 1.87. The third-order valence-corrected chi connectivity index (χ3v) is 6.38. The van der Waals surface area contributed by atoms with Crippen LogP contribution < -0.4 is 14.4 Å². The van der Waals surface area contributed by atoms with E-state index in [0.717, 1.165) is 16.9 Å². The van der Waals surface area contributed by atoms with Gasteiger partial charge in [0.25, 0.3) is 0 Å². The molecule has 0 atom stereocenters. The SMILES string of the molecule is Cc1ccc(OCCNC(=O)CCCN(c2ccc(C(C)C)cc2)S(C)(=O)=O)cc1C. The zero-order valence-electron chi connectivity index (χ0n) is 19.1. The maximum absolute atomic E-state index is 12.2. The number of rotatable bonds is 11. The molecule has 170 valence electrons. The fraction of sp³-hybridized carbons (Fsp3) is 0.458. The van der Waals surface area contributed by atoms with Crippen molar-refractivity contribution in [3.8, 4) is 5.75 Å². The van der Waals surface area contributed by atoms with Crippen molar-refractivity contribution in [1.82, 2.24) is 5.32 Å². The monoisotopic (exact) mass is 446 g/mol. The molecule has 0 saturated heterocycles. The van der Waals surface area contributed by atoms with E-state index in [1.807, 2.05) is 56.3 Å². The Hall–Kier alpha value is -2.54. The zero-order chi connectivity index (χ0) is 23.0. The van der Waals surface area contributed by atoms with Gasteiger partial charge in [-0.25, -0.2) is 8.42 Å². The third-order valence-electron chi connectivity index (χ3n) is 5.18. The summed E-state index contributed by atoms with van der Waals surface area (Å²) in [4.78, 5) is 12.1. The molecule has 0 aromatic heterocycles. The molecule has 2 rings (SSSR count). The predicted octanol–water partition coefficient (Wildman–Crippen LogP) is 4.17. The van der Waals surface area contributed by atoms with Gasteiger partial charge in [0.2, 0.25) is 15.9 Å². The van der Waals surface area contributed by atoms with E-state index in [0.29, 0.717) is 31.2 Å². The number of carbonyl (C=O) groups is 1. The van der Waals surface area contributed by atoms with Gasteiger partial charge in [-0.3, -0.25) is 9.10 Å². The summed E-state index contributed by atoms with van der Waals surface area (Å²) >= 11 is 0. The number of benzene rings is 2. The molecule has 0 saturated carbocycles. The lowest BCUT2D eigenvalue weighted by atomic mass is 10.0. The molecule has 0 aliphatic rings. The zero-order valence-corrected chi connectivity index (χ0v) is 20.0. The molecule has 0 bridgehead atoms. The van der Waals surface area contributed by atoms with Crippen molar-refractivity contribution in [1.29, 1.82) is 0 Å². The highest BCUT2D eigenvalue weighted by Gasteiger charge is 2.17. The van der Waals surface area contributed by atoms with Crippen molar-refractivity contribution in [2.45, 2.75) is 46.5 Å². The van der Waals surface area contributed by atoms with E-state index in [4.69, 9.17) is 4.74 Å². The highest BCUT2D eigenvalue weighted by atomic mass is 32.2. The molecule has 0 heterocycles. The van der Waals surface area contributed by atoms with Crippen LogP contribution in [0.25, 0.3) is 0 Å². The predicted molar refractivity (Wildman–Crippen MR) is 126 cm³/mol. The maximum Gasteiger partial charge on any atom is 0.232 e. The Balaban J connectivity index is 1.78. The minimum absolute atomic E-state index is 0.118. The van der Waals surface area contributed by atoms with Crippen molar-refractivity contribution >= 4 is 21.6 Å². The number of hydrogen-bond donors (Lipinski definition) is 1. The lowest BCUT2D eigenvalue weighted by Gasteiger charge is -2.23. The van der Waals surface area contributed by atoms with Crippen LogP contribution in [0.2, 0.25) is 0 Å². The first kappa shape index (κ1) is 24.7. The average Bonchev–Trinajstić information content (AvgIpc) is 2.70. The van der Waals surface area contributed by atoms with Crippen LogP contribution in [0.4, 0.5) is 5.69 Å². The molecule has 0 radical (unpaired) electrons. The van der Waals surface area contributed by atoms with E-state index in [1.165, 1.54) is 16.1 Å². The topological polar surface area (TPSA) is 75.7 Å². The van der Waals surface area contributed by atoms with Crippen molar-refractivity contribution in [3.63, 3.8) is 0 Å². The Kier molecular flexibility index (Phi) is 8.92. The summed E-state index contributed by atoms with van der Waals surface area (Å²) < 4.78 is 31.5. The van der Waals surface area contributed by atoms with Crippen LogP contribution in [0.1, 0.15) is 49.3 Å². The Morgan fingerprint density at radius 2 is 1.74 bits per heavy atom. The number of nitrogens with zero attached hydrogens (tertiary/aromatic N) is 1. The maximum atomic E-state index is 12.2. The number of aryl methyl sites for hydroxylation is 2. The first-order valence-corrected chi connectivity index (χ1v) is 12.5. The highest BCUT2D eigenvalue weighted by molar-refractivity contribution is 7.92. The van der Waals surface area contributed by atoms with E-state index in [9.17, 15) is 13.2 Å². The van der Waals surface area contributed by atoms with Crippen LogP contribution in [0.5, 0.6) is 5.75 Å². The van der Waals surface area contributed by atoms with E-state index < -0.39 is 10.0 Å². The quantitative estimate of drug-likeness (QED) is 0.526. The molecule has 2 aromatic carbocycles. The van der Waals surface area contributed by atoms with Crippen LogP contribution in [-0.4, -0.2) is 40.3 Å². The van der Waals surface area contributed by atoms with Gasteiger partial charge < -0.3 is 10.1 Å². The van der Waals surface area contributed by atoms with Crippen molar-refractivity contribution in [3.05, 3.63) is 59.2 Å². The van der Waals surface area contributed by atoms with Gasteiger partial charge in [-0.1, -0.05) is 32.0 Å².